The van der Waals surface area contributed by atoms with E-state index in [1.165, 1.54) is 16.2 Å². The summed E-state index contributed by atoms with van der Waals surface area (Å²) in [6.07, 6.45) is 3.93. The summed E-state index contributed by atoms with van der Waals surface area (Å²) in [7, 11) is 0. The first-order valence-corrected chi connectivity index (χ1v) is 11.4. The monoisotopic (exact) mass is 435 g/mol. The lowest BCUT2D eigenvalue weighted by atomic mass is 9.95. The Morgan fingerprint density at radius 1 is 1.03 bits per heavy atom. The van der Waals surface area contributed by atoms with Crippen LogP contribution in [0.3, 0.4) is 0 Å². The van der Waals surface area contributed by atoms with Crippen molar-refractivity contribution in [2.24, 2.45) is 0 Å². The smallest absolute Gasteiger partial charge is 0.341 e. The summed E-state index contributed by atoms with van der Waals surface area (Å²) in [5.74, 6) is -0.0148. The lowest BCUT2D eigenvalue weighted by molar-refractivity contribution is 0.0526. The molecule has 1 aromatic heterocycles. The Morgan fingerprint density at radius 3 is 2.65 bits per heavy atom. The van der Waals surface area contributed by atoms with Crippen molar-refractivity contribution in [2.45, 2.75) is 39.2 Å². The number of ether oxygens (including phenoxy) is 2. The van der Waals surface area contributed by atoms with E-state index >= 15 is 0 Å². The standard InChI is InChI=1S/C25H25NO4S/c1-2-29-25(28)22-20-13-6-7-14-21(20)31-24(22)26-23(27)18-11-8-12-19(15-18)30-16-17-9-4-3-5-10-17/h3-5,8-12,15H,2,6-7,13-14,16H2,1H3,(H,26,27). The molecule has 3 aromatic rings. The third-order valence-corrected chi connectivity index (χ3v) is 6.43. The molecule has 1 heterocycles. The van der Waals surface area contributed by atoms with E-state index in [9.17, 15) is 9.59 Å². The first-order valence-electron chi connectivity index (χ1n) is 10.6. The molecule has 4 rings (SSSR count). The third-order valence-electron chi connectivity index (χ3n) is 5.22. The Balaban J connectivity index is 1.52. The summed E-state index contributed by atoms with van der Waals surface area (Å²) in [6, 6.07) is 16.9. The van der Waals surface area contributed by atoms with Crippen LogP contribution in [0.1, 0.15) is 56.5 Å². The number of amides is 1. The number of nitrogens with one attached hydrogen (secondary N) is 1. The third kappa shape index (κ3) is 4.97. The molecular weight excluding hydrogens is 410 g/mol. The second-order valence-corrected chi connectivity index (χ2v) is 8.50. The summed E-state index contributed by atoms with van der Waals surface area (Å²) < 4.78 is 11.1. The van der Waals surface area contributed by atoms with Crippen LogP contribution in [0.5, 0.6) is 5.75 Å². The van der Waals surface area contributed by atoms with Gasteiger partial charge in [0.1, 0.15) is 17.4 Å². The van der Waals surface area contributed by atoms with Crippen LogP contribution in [-0.4, -0.2) is 18.5 Å². The Bertz CT molecular complexity index is 1070. The van der Waals surface area contributed by atoms with Crippen molar-refractivity contribution in [3.63, 3.8) is 0 Å². The molecule has 0 bridgehead atoms. The number of esters is 1. The lowest BCUT2D eigenvalue weighted by Gasteiger charge is -2.12. The van der Waals surface area contributed by atoms with Gasteiger partial charge in [-0.3, -0.25) is 4.79 Å². The lowest BCUT2D eigenvalue weighted by Crippen LogP contribution is -2.15. The first kappa shape index (κ1) is 21.1. The topological polar surface area (TPSA) is 64.6 Å². The maximum absolute atomic E-state index is 13.0. The molecule has 0 saturated carbocycles. The van der Waals surface area contributed by atoms with Crippen molar-refractivity contribution in [1.29, 1.82) is 0 Å². The summed E-state index contributed by atoms with van der Waals surface area (Å²) in [5, 5.41) is 3.52. The van der Waals surface area contributed by atoms with Gasteiger partial charge in [0.15, 0.2) is 0 Å². The van der Waals surface area contributed by atoms with Crippen LogP contribution in [0.2, 0.25) is 0 Å². The second kappa shape index (κ2) is 9.79. The fourth-order valence-corrected chi connectivity index (χ4v) is 4.99. The van der Waals surface area contributed by atoms with E-state index in [-0.39, 0.29) is 11.9 Å². The summed E-state index contributed by atoms with van der Waals surface area (Å²) >= 11 is 1.49. The SMILES string of the molecule is CCOC(=O)c1c(NC(=O)c2cccc(OCc3ccccc3)c2)sc2c1CCCC2. The Morgan fingerprint density at radius 2 is 1.84 bits per heavy atom. The molecule has 0 fully saturated rings. The van der Waals surface area contributed by atoms with Crippen LogP contribution in [0.15, 0.2) is 54.6 Å². The van der Waals surface area contributed by atoms with Crippen LogP contribution in [0.4, 0.5) is 5.00 Å². The van der Waals surface area contributed by atoms with Gasteiger partial charge in [-0.2, -0.15) is 0 Å². The molecule has 0 spiro atoms. The molecule has 0 radical (unpaired) electrons. The zero-order chi connectivity index (χ0) is 21.6. The van der Waals surface area contributed by atoms with E-state index in [2.05, 4.69) is 5.32 Å². The molecule has 0 atom stereocenters. The van der Waals surface area contributed by atoms with E-state index in [0.29, 0.717) is 35.1 Å². The highest BCUT2D eigenvalue weighted by Gasteiger charge is 2.27. The van der Waals surface area contributed by atoms with E-state index in [0.717, 1.165) is 36.8 Å². The normalized spacial score (nSPS) is 12.7. The number of thiophene rings is 1. The minimum Gasteiger partial charge on any atom is -0.489 e. The Kier molecular flexibility index (Phi) is 6.67. The molecule has 1 N–H and O–H groups in total. The number of hydrogen-bond acceptors (Lipinski definition) is 5. The summed E-state index contributed by atoms with van der Waals surface area (Å²) in [5.41, 5.74) is 3.09. The van der Waals surface area contributed by atoms with E-state index in [1.807, 2.05) is 36.4 Å². The summed E-state index contributed by atoms with van der Waals surface area (Å²) in [4.78, 5) is 26.7. The van der Waals surface area contributed by atoms with Crippen LogP contribution in [0, 0.1) is 0 Å². The maximum Gasteiger partial charge on any atom is 0.341 e. The number of carbonyl (C=O) groups is 2. The van der Waals surface area contributed by atoms with Gasteiger partial charge in [0.25, 0.3) is 5.91 Å². The van der Waals surface area contributed by atoms with Crippen LogP contribution in [0.25, 0.3) is 0 Å². The van der Waals surface area contributed by atoms with Crippen molar-refractivity contribution in [2.75, 3.05) is 11.9 Å². The van der Waals surface area contributed by atoms with Gasteiger partial charge in [0, 0.05) is 10.4 Å². The van der Waals surface area contributed by atoms with E-state index in [4.69, 9.17) is 9.47 Å². The minimum absolute atomic E-state index is 0.269. The van der Waals surface area contributed by atoms with Gasteiger partial charge in [-0.25, -0.2) is 4.79 Å². The molecule has 5 nitrogen and oxygen atoms in total. The maximum atomic E-state index is 13.0. The van der Waals surface area contributed by atoms with Crippen molar-refractivity contribution >= 4 is 28.2 Å². The number of rotatable bonds is 7. The van der Waals surface area contributed by atoms with Gasteiger partial charge in [-0.1, -0.05) is 36.4 Å². The number of hydrogen-bond donors (Lipinski definition) is 1. The van der Waals surface area contributed by atoms with Crippen LogP contribution in [-0.2, 0) is 24.2 Å². The average molecular weight is 436 g/mol. The first-order chi connectivity index (χ1) is 15.2. The van der Waals surface area contributed by atoms with E-state index < -0.39 is 0 Å². The van der Waals surface area contributed by atoms with Crippen molar-refractivity contribution in [1.82, 2.24) is 0 Å². The molecule has 2 aromatic carbocycles. The predicted octanol–water partition coefficient (Wildman–Crippen LogP) is 5.63. The van der Waals surface area contributed by atoms with E-state index in [1.54, 1.807) is 25.1 Å². The molecular formula is C25H25NO4S. The van der Waals surface area contributed by atoms with Crippen LogP contribution < -0.4 is 10.1 Å². The zero-order valence-corrected chi connectivity index (χ0v) is 18.3. The average Bonchev–Trinajstić information content (AvgIpc) is 3.16. The number of aryl methyl sites for hydroxylation is 1. The fourth-order valence-electron chi connectivity index (χ4n) is 3.72. The largest absolute Gasteiger partial charge is 0.489 e. The zero-order valence-electron chi connectivity index (χ0n) is 17.5. The molecule has 1 amide bonds. The molecule has 31 heavy (non-hydrogen) atoms. The predicted molar refractivity (Wildman–Crippen MR) is 122 cm³/mol. The molecule has 0 unspecified atom stereocenters. The van der Waals surface area contributed by atoms with Crippen LogP contribution >= 0.6 is 11.3 Å². The highest BCUT2D eigenvalue weighted by Crippen LogP contribution is 2.38. The van der Waals surface area contributed by atoms with Gasteiger partial charge in [0.2, 0.25) is 0 Å². The molecule has 1 aliphatic rings. The van der Waals surface area contributed by atoms with Crippen molar-refractivity contribution < 1.29 is 19.1 Å². The molecule has 160 valence electrons. The number of fused-ring (bicyclic) bond motifs is 1. The highest BCUT2D eigenvalue weighted by atomic mass is 32.1. The van der Waals surface area contributed by atoms with Crippen molar-refractivity contribution in [3.8, 4) is 5.75 Å². The number of anilines is 1. The fraction of sp³-hybridized carbons (Fsp3) is 0.280. The molecule has 1 aliphatic carbocycles. The summed E-state index contributed by atoms with van der Waals surface area (Å²) in [6.45, 7) is 2.52. The number of carbonyl (C=O) groups excluding carboxylic acids is 2. The van der Waals surface area contributed by atoms with Gasteiger partial charge in [-0.15, -0.1) is 11.3 Å². The van der Waals surface area contributed by atoms with Crippen molar-refractivity contribution in [3.05, 3.63) is 81.7 Å². The Hall–Kier alpha value is -3.12. The van der Waals surface area contributed by atoms with Gasteiger partial charge >= 0.3 is 5.97 Å². The number of benzene rings is 2. The second-order valence-electron chi connectivity index (χ2n) is 7.39. The highest BCUT2D eigenvalue weighted by molar-refractivity contribution is 7.17. The van der Waals surface area contributed by atoms with Gasteiger partial charge in [0.05, 0.1) is 12.2 Å². The van der Waals surface area contributed by atoms with Gasteiger partial charge in [-0.05, 0) is 61.9 Å². The molecule has 6 heteroatoms. The minimum atomic E-state index is -0.364. The molecule has 0 aliphatic heterocycles. The Labute approximate surface area is 186 Å². The quantitative estimate of drug-likeness (QED) is 0.488. The molecule has 0 saturated heterocycles. The van der Waals surface area contributed by atoms with Gasteiger partial charge < -0.3 is 14.8 Å².